The standard InChI is InChI=1S/C19H33N5O7/c1-3-10(2)15(19(30)31)23-17(28)13-5-4-8-24(13)18(29)12(6-7-14(21)26)22-16(27)11(20)9-25/h10-13,15,25H,3-9,20H2,1-2H3,(H2,21,26)(H,22,27)(H,23,28)(H,30,31). The van der Waals surface area contributed by atoms with Gasteiger partial charge in [0.15, 0.2) is 0 Å². The van der Waals surface area contributed by atoms with Crippen molar-refractivity contribution in [3.8, 4) is 0 Å². The molecule has 0 radical (unpaired) electrons. The molecule has 0 bridgehead atoms. The molecule has 1 saturated heterocycles. The lowest BCUT2D eigenvalue weighted by Crippen LogP contribution is -2.57. The summed E-state index contributed by atoms with van der Waals surface area (Å²) in [5.41, 5.74) is 10.6. The molecule has 31 heavy (non-hydrogen) atoms. The van der Waals surface area contributed by atoms with Gasteiger partial charge in [-0.15, -0.1) is 0 Å². The van der Waals surface area contributed by atoms with Crippen LogP contribution in [0.1, 0.15) is 46.0 Å². The maximum absolute atomic E-state index is 13.1. The number of rotatable bonds is 12. The zero-order valence-electron chi connectivity index (χ0n) is 17.9. The molecular formula is C19H33N5O7. The number of aliphatic hydroxyl groups is 1. The van der Waals surface area contributed by atoms with Gasteiger partial charge in [0.25, 0.3) is 0 Å². The summed E-state index contributed by atoms with van der Waals surface area (Å²) in [6, 6.07) is -4.43. The summed E-state index contributed by atoms with van der Waals surface area (Å²) in [6.45, 7) is 3.11. The third-order valence-corrected chi connectivity index (χ3v) is 5.44. The van der Waals surface area contributed by atoms with Gasteiger partial charge >= 0.3 is 5.97 Å². The van der Waals surface area contributed by atoms with Crippen molar-refractivity contribution in [1.29, 1.82) is 0 Å². The van der Waals surface area contributed by atoms with E-state index in [1.165, 1.54) is 4.90 Å². The van der Waals surface area contributed by atoms with E-state index < -0.39 is 60.4 Å². The Morgan fingerprint density at radius 1 is 1.19 bits per heavy atom. The average Bonchev–Trinajstić information content (AvgIpc) is 3.22. The van der Waals surface area contributed by atoms with Crippen LogP contribution < -0.4 is 22.1 Å². The predicted octanol–water partition coefficient (Wildman–Crippen LogP) is -2.34. The molecule has 1 rings (SSSR count). The number of nitrogens with zero attached hydrogens (tertiary/aromatic N) is 1. The lowest BCUT2D eigenvalue weighted by molar-refractivity contribution is -0.146. The number of hydrogen-bond acceptors (Lipinski definition) is 7. The van der Waals surface area contributed by atoms with Crippen molar-refractivity contribution < 1.29 is 34.2 Å². The second kappa shape index (κ2) is 12.2. The molecule has 5 atom stereocenters. The highest BCUT2D eigenvalue weighted by Gasteiger charge is 2.39. The molecule has 1 aliphatic heterocycles. The number of primary amides is 1. The second-order valence-corrected chi connectivity index (χ2v) is 7.75. The van der Waals surface area contributed by atoms with Gasteiger partial charge in [-0.05, 0) is 25.2 Å². The van der Waals surface area contributed by atoms with Crippen molar-refractivity contribution in [2.24, 2.45) is 17.4 Å². The highest BCUT2D eigenvalue weighted by molar-refractivity contribution is 5.94. The van der Waals surface area contributed by atoms with E-state index in [9.17, 15) is 29.1 Å². The van der Waals surface area contributed by atoms with Crippen LogP contribution in [0, 0.1) is 5.92 Å². The number of carboxylic acid groups (broad SMARTS) is 1. The van der Waals surface area contributed by atoms with E-state index in [-0.39, 0.29) is 25.3 Å². The minimum Gasteiger partial charge on any atom is -0.480 e. The van der Waals surface area contributed by atoms with E-state index in [4.69, 9.17) is 16.6 Å². The molecule has 4 amide bonds. The Hall–Kier alpha value is -2.73. The normalized spacial score (nSPS) is 19.7. The Balaban J connectivity index is 2.98. The van der Waals surface area contributed by atoms with Crippen LogP contribution in [-0.4, -0.2) is 82.0 Å². The first-order valence-corrected chi connectivity index (χ1v) is 10.3. The molecule has 0 aromatic carbocycles. The summed E-state index contributed by atoms with van der Waals surface area (Å²) in [5.74, 6) is -4.13. The molecule has 0 aromatic heterocycles. The van der Waals surface area contributed by atoms with Crippen molar-refractivity contribution in [3.05, 3.63) is 0 Å². The maximum atomic E-state index is 13.1. The zero-order chi connectivity index (χ0) is 23.7. The summed E-state index contributed by atoms with van der Waals surface area (Å²) in [6.07, 6.45) is 1.09. The Labute approximate surface area is 180 Å². The fraction of sp³-hybridized carbons (Fsp3) is 0.737. The number of aliphatic hydroxyl groups excluding tert-OH is 1. The van der Waals surface area contributed by atoms with E-state index in [1.54, 1.807) is 13.8 Å². The van der Waals surface area contributed by atoms with Crippen LogP contribution in [0.5, 0.6) is 0 Å². The molecular weight excluding hydrogens is 410 g/mol. The predicted molar refractivity (Wildman–Crippen MR) is 109 cm³/mol. The van der Waals surface area contributed by atoms with E-state index in [2.05, 4.69) is 10.6 Å². The quantitative estimate of drug-likeness (QED) is 0.192. The van der Waals surface area contributed by atoms with Gasteiger partial charge < -0.3 is 37.2 Å². The number of carbonyl (C=O) groups is 5. The van der Waals surface area contributed by atoms with Gasteiger partial charge in [-0.25, -0.2) is 4.79 Å². The summed E-state index contributed by atoms with van der Waals surface area (Å²) in [4.78, 5) is 61.9. The van der Waals surface area contributed by atoms with Gasteiger partial charge in [0.05, 0.1) is 6.61 Å². The van der Waals surface area contributed by atoms with Crippen LogP contribution in [0.25, 0.3) is 0 Å². The third-order valence-electron chi connectivity index (χ3n) is 5.44. The second-order valence-electron chi connectivity index (χ2n) is 7.75. The number of hydrogen-bond donors (Lipinski definition) is 6. The maximum Gasteiger partial charge on any atom is 0.326 e. The molecule has 1 aliphatic rings. The first-order valence-electron chi connectivity index (χ1n) is 10.3. The number of amides is 4. The SMILES string of the molecule is CCC(C)C(NC(=O)C1CCCN1C(=O)C(CCC(N)=O)NC(=O)C(N)CO)C(=O)O. The number of carboxylic acids is 1. The van der Waals surface area contributed by atoms with Gasteiger partial charge in [0.1, 0.15) is 24.2 Å². The molecule has 0 spiro atoms. The molecule has 8 N–H and O–H groups in total. The van der Waals surface area contributed by atoms with Gasteiger partial charge in [-0.1, -0.05) is 20.3 Å². The van der Waals surface area contributed by atoms with Crippen molar-refractivity contribution >= 4 is 29.6 Å². The van der Waals surface area contributed by atoms with E-state index in [0.29, 0.717) is 19.3 Å². The monoisotopic (exact) mass is 443 g/mol. The molecule has 1 fully saturated rings. The van der Waals surface area contributed by atoms with Crippen LogP contribution in [-0.2, 0) is 24.0 Å². The van der Waals surface area contributed by atoms with Crippen LogP contribution in [0.15, 0.2) is 0 Å². The molecule has 0 aliphatic carbocycles. The highest BCUT2D eigenvalue weighted by Crippen LogP contribution is 2.21. The summed E-state index contributed by atoms with van der Waals surface area (Å²) in [7, 11) is 0. The number of aliphatic carboxylic acids is 1. The topological polar surface area (TPSA) is 205 Å². The Bertz CT molecular complexity index is 687. The third kappa shape index (κ3) is 7.47. The fourth-order valence-electron chi connectivity index (χ4n) is 3.34. The van der Waals surface area contributed by atoms with E-state index >= 15 is 0 Å². The van der Waals surface area contributed by atoms with Gasteiger partial charge in [-0.2, -0.15) is 0 Å². The molecule has 1 heterocycles. The minimum atomic E-state index is -1.26. The van der Waals surface area contributed by atoms with Gasteiger partial charge in [0, 0.05) is 13.0 Å². The zero-order valence-corrected chi connectivity index (χ0v) is 17.9. The van der Waals surface area contributed by atoms with Crippen LogP contribution >= 0.6 is 0 Å². The number of likely N-dealkylation sites (tertiary alicyclic amines) is 1. The molecule has 0 aromatic rings. The van der Waals surface area contributed by atoms with Crippen molar-refractivity contribution in [1.82, 2.24) is 15.5 Å². The molecule has 176 valence electrons. The Kier molecular flexibility index (Phi) is 10.4. The average molecular weight is 444 g/mol. The molecule has 12 nitrogen and oxygen atoms in total. The van der Waals surface area contributed by atoms with E-state index in [0.717, 1.165) is 0 Å². The summed E-state index contributed by atoms with van der Waals surface area (Å²) in [5, 5.41) is 23.3. The van der Waals surface area contributed by atoms with Crippen LogP contribution in [0.4, 0.5) is 0 Å². The number of nitrogens with two attached hydrogens (primary N) is 2. The van der Waals surface area contributed by atoms with Gasteiger partial charge in [-0.3, -0.25) is 19.2 Å². The lowest BCUT2D eigenvalue weighted by Gasteiger charge is -2.30. The first-order chi connectivity index (χ1) is 14.5. The van der Waals surface area contributed by atoms with E-state index in [1.807, 2.05) is 0 Å². The highest BCUT2D eigenvalue weighted by atomic mass is 16.4. The molecule has 5 unspecified atom stereocenters. The first kappa shape index (κ1) is 26.3. The van der Waals surface area contributed by atoms with Crippen molar-refractivity contribution in [3.63, 3.8) is 0 Å². The number of nitrogens with one attached hydrogen (secondary N) is 2. The Morgan fingerprint density at radius 2 is 1.84 bits per heavy atom. The summed E-state index contributed by atoms with van der Waals surface area (Å²) < 4.78 is 0. The molecule has 12 heteroatoms. The largest absolute Gasteiger partial charge is 0.480 e. The van der Waals surface area contributed by atoms with Crippen molar-refractivity contribution in [2.75, 3.05) is 13.2 Å². The summed E-state index contributed by atoms with van der Waals surface area (Å²) >= 11 is 0. The van der Waals surface area contributed by atoms with Crippen molar-refractivity contribution in [2.45, 2.75) is 70.1 Å². The molecule has 0 saturated carbocycles. The minimum absolute atomic E-state index is 0.104. The Morgan fingerprint density at radius 3 is 2.35 bits per heavy atom. The smallest absolute Gasteiger partial charge is 0.326 e. The van der Waals surface area contributed by atoms with Gasteiger partial charge in [0.2, 0.25) is 23.6 Å². The number of carbonyl (C=O) groups excluding carboxylic acids is 4. The van der Waals surface area contributed by atoms with Crippen LogP contribution in [0.2, 0.25) is 0 Å². The lowest BCUT2D eigenvalue weighted by atomic mass is 9.98. The fourth-order valence-corrected chi connectivity index (χ4v) is 3.34. The van der Waals surface area contributed by atoms with Crippen LogP contribution in [0.3, 0.4) is 0 Å².